The Balaban J connectivity index is 0.00000341. The van der Waals surface area contributed by atoms with Crippen LogP contribution in [0.5, 0.6) is 5.75 Å². The van der Waals surface area contributed by atoms with Crippen LogP contribution in [-0.2, 0) is 0 Å². The molecule has 0 amide bonds. The highest BCUT2D eigenvalue weighted by Gasteiger charge is 2.24. The molecule has 31 heavy (non-hydrogen) atoms. The van der Waals surface area contributed by atoms with E-state index in [4.69, 9.17) is 0 Å². The molecule has 0 aromatic heterocycles. The number of piperazine rings is 1. The van der Waals surface area contributed by atoms with Gasteiger partial charge in [-0.1, -0.05) is 0 Å². The number of anilines is 1. The number of hydrogen-bond acceptors (Lipinski definition) is 5. The molecule has 2 N–H and O–H groups in total. The summed E-state index contributed by atoms with van der Waals surface area (Å²) in [6, 6.07) is 7.59. The van der Waals surface area contributed by atoms with E-state index in [-0.39, 0.29) is 35.8 Å². The molecule has 2 atom stereocenters. The van der Waals surface area contributed by atoms with Crippen LogP contribution >= 0.6 is 24.0 Å². The predicted molar refractivity (Wildman–Crippen MR) is 132 cm³/mol. The molecule has 2 heterocycles. The molecule has 176 valence electrons. The van der Waals surface area contributed by atoms with Crippen molar-refractivity contribution in [3.63, 3.8) is 0 Å². The first-order valence-electron chi connectivity index (χ1n) is 10.6. The zero-order valence-electron chi connectivity index (χ0n) is 18.6. The Morgan fingerprint density at radius 3 is 2.58 bits per heavy atom. The molecule has 1 aromatic rings. The van der Waals surface area contributed by atoms with E-state index >= 15 is 0 Å². The lowest BCUT2D eigenvalue weighted by atomic mass is 10.0. The average Bonchev–Trinajstić information content (AvgIpc) is 2.73. The van der Waals surface area contributed by atoms with Gasteiger partial charge in [0.2, 0.25) is 0 Å². The van der Waals surface area contributed by atoms with Gasteiger partial charge < -0.3 is 25.2 Å². The summed E-state index contributed by atoms with van der Waals surface area (Å²) in [6.07, 6.45) is 2.12. The minimum absolute atomic E-state index is 0. The Morgan fingerprint density at radius 1 is 1.16 bits per heavy atom. The van der Waals surface area contributed by atoms with Crippen molar-refractivity contribution in [3.8, 4) is 5.75 Å². The van der Waals surface area contributed by atoms with Gasteiger partial charge in [-0.15, -0.1) is 24.0 Å². The van der Waals surface area contributed by atoms with Gasteiger partial charge in [0.1, 0.15) is 5.75 Å². The number of benzene rings is 1. The first-order chi connectivity index (χ1) is 14.4. The van der Waals surface area contributed by atoms with Crippen LogP contribution in [0.4, 0.5) is 14.5 Å². The third-order valence-electron chi connectivity index (χ3n) is 5.90. The van der Waals surface area contributed by atoms with E-state index in [2.05, 4.69) is 49.2 Å². The standard InChI is InChI=1S/C21H34F2N6O.HI/c1-24-21(25-13-18-15-27(2)11-12-28(18)3)26-16-5-4-10-29(14-16)17-6-8-19(9-7-17)30-20(22)23;/h6-9,16,18,20H,4-5,10-15H2,1-3H3,(H2,24,25,26);1H. The summed E-state index contributed by atoms with van der Waals surface area (Å²) in [5.74, 6) is 1.01. The van der Waals surface area contributed by atoms with E-state index in [1.165, 1.54) is 0 Å². The van der Waals surface area contributed by atoms with Gasteiger partial charge in [-0.05, 0) is 51.2 Å². The molecule has 2 unspecified atom stereocenters. The van der Waals surface area contributed by atoms with E-state index in [1.54, 1.807) is 19.2 Å². The SMILES string of the molecule is CN=C(NCC1CN(C)CCN1C)NC1CCCN(c2ccc(OC(F)F)cc2)C1.I. The molecular formula is C21H35F2IN6O. The van der Waals surface area contributed by atoms with E-state index in [0.29, 0.717) is 6.04 Å². The molecular weight excluding hydrogens is 517 g/mol. The summed E-state index contributed by atoms with van der Waals surface area (Å²) in [4.78, 5) is 11.4. The summed E-state index contributed by atoms with van der Waals surface area (Å²) >= 11 is 0. The largest absolute Gasteiger partial charge is 0.435 e. The summed E-state index contributed by atoms with van der Waals surface area (Å²) in [5, 5.41) is 7.03. The molecule has 0 aliphatic carbocycles. The maximum atomic E-state index is 12.3. The van der Waals surface area contributed by atoms with Crippen molar-refractivity contribution in [1.82, 2.24) is 20.4 Å². The number of nitrogens with one attached hydrogen (secondary N) is 2. The van der Waals surface area contributed by atoms with Gasteiger partial charge in [0.05, 0.1) is 0 Å². The van der Waals surface area contributed by atoms with Crippen molar-refractivity contribution in [2.45, 2.75) is 31.5 Å². The molecule has 2 aliphatic rings. The quantitative estimate of drug-likeness (QED) is 0.321. The first kappa shape index (κ1) is 25.9. The fourth-order valence-corrected chi connectivity index (χ4v) is 4.09. The second kappa shape index (κ2) is 12.6. The molecule has 2 aliphatic heterocycles. The zero-order valence-corrected chi connectivity index (χ0v) is 20.9. The fourth-order valence-electron chi connectivity index (χ4n) is 4.09. The predicted octanol–water partition coefficient (Wildman–Crippen LogP) is 2.29. The lowest BCUT2D eigenvalue weighted by molar-refractivity contribution is -0.0498. The smallest absolute Gasteiger partial charge is 0.387 e. The van der Waals surface area contributed by atoms with Crippen LogP contribution in [-0.4, -0.2) is 94.9 Å². The Hall–Kier alpha value is -1.40. The Kier molecular flexibility index (Phi) is 10.5. The molecule has 2 fully saturated rings. The number of aliphatic imine (C=N–C) groups is 1. The normalized spacial score (nSPS) is 23.4. The molecule has 0 bridgehead atoms. The minimum atomic E-state index is -2.80. The number of piperidine rings is 1. The molecule has 0 saturated carbocycles. The van der Waals surface area contributed by atoms with E-state index in [9.17, 15) is 8.78 Å². The number of guanidine groups is 1. The second-order valence-corrected chi connectivity index (χ2v) is 8.15. The summed E-state index contributed by atoms with van der Waals surface area (Å²) in [5.41, 5.74) is 1.01. The number of likely N-dealkylation sites (N-methyl/N-ethyl adjacent to an activating group) is 2. The highest BCUT2D eigenvalue weighted by atomic mass is 127. The molecule has 7 nitrogen and oxygen atoms in total. The Labute approximate surface area is 201 Å². The summed E-state index contributed by atoms with van der Waals surface area (Å²) in [6.45, 7) is 3.06. The van der Waals surface area contributed by atoms with E-state index in [0.717, 1.165) is 63.8 Å². The number of rotatable bonds is 6. The lowest BCUT2D eigenvalue weighted by Crippen LogP contribution is -2.57. The Bertz CT molecular complexity index is 693. The van der Waals surface area contributed by atoms with Crippen molar-refractivity contribution < 1.29 is 13.5 Å². The van der Waals surface area contributed by atoms with Crippen LogP contribution in [0.1, 0.15) is 12.8 Å². The third-order valence-corrected chi connectivity index (χ3v) is 5.90. The molecule has 0 radical (unpaired) electrons. The van der Waals surface area contributed by atoms with Crippen molar-refractivity contribution in [2.24, 2.45) is 4.99 Å². The summed E-state index contributed by atoms with van der Waals surface area (Å²) < 4.78 is 29.1. The van der Waals surface area contributed by atoms with E-state index in [1.807, 2.05) is 12.1 Å². The minimum Gasteiger partial charge on any atom is -0.435 e. The van der Waals surface area contributed by atoms with Crippen molar-refractivity contribution in [1.29, 1.82) is 0 Å². The van der Waals surface area contributed by atoms with Gasteiger partial charge in [0.15, 0.2) is 5.96 Å². The Morgan fingerprint density at radius 2 is 1.90 bits per heavy atom. The van der Waals surface area contributed by atoms with Crippen LogP contribution in [0.15, 0.2) is 29.3 Å². The second-order valence-electron chi connectivity index (χ2n) is 8.15. The zero-order chi connectivity index (χ0) is 21.5. The molecule has 10 heteroatoms. The fraction of sp³-hybridized carbons (Fsp3) is 0.667. The molecule has 0 spiro atoms. The maximum Gasteiger partial charge on any atom is 0.387 e. The lowest BCUT2D eigenvalue weighted by Gasteiger charge is -2.38. The maximum absolute atomic E-state index is 12.3. The summed E-state index contributed by atoms with van der Waals surface area (Å²) in [7, 11) is 6.14. The van der Waals surface area contributed by atoms with Crippen LogP contribution in [0.3, 0.4) is 0 Å². The highest BCUT2D eigenvalue weighted by Crippen LogP contribution is 2.23. The van der Waals surface area contributed by atoms with Crippen LogP contribution in [0, 0.1) is 0 Å². The van der Waals surface area contributed by atoms with Gasteiger partial charge >= 0.3 is 6.61 Å². The van der Waals surface area contributed by atoms with Crippen LogP contribution < -0.4 is 20.3 Å². The van der Waals surface area contributed by atoms with Crippen molar-refractivity contribution in [3.05, 3.63) is 24.3 Å². The molecule has 2 saturated heterocycles. The third kappa shape index (κ3) is 7.90. The average molecular weight is 552 g/mol. The number of hydrogen-bond donors (Lipinski definition) is 2. The van der Waals surface area contributed by atoms with Crippen molar-refractivity contribution >= 4 is 35.6 Å². The molecule has 3 rings (SSSR count). The number of ether oxygens (including phenoxy) is 1. The topological polar surface area (TPSA) is 55.4 Å². The van der Waals surface area contributed by atoms with E-state index < -0.39 is 6.61 Å². The van der Waals surface area contributed by atoms with Gasteiger partial charge in [-0.25, -0.2) is 0 Å². The highest BCUT2D eigenvalue weighted by molar-refractivity contribution is 14.0. The number of halogens is 3. The van der Waals surface area contributed by atoms with Gasteiger partial charge in [0, 0.05) is 64.1 Å². The number of nitrogens with zero attached hydrogens (tertiary/aromatic N) is 4. The van der Waals surface area contributed by atoms with Gasteiger partial charge in [0.25, 0.3) is 0 Å². The monoisotopic (exact) mass is 552 g/mol. The van der Waals surface area contributed by atoms with Gasteiger partial charge in [-0.2, -0.15) is 8.78 Å². The van der Waals surface area contributed by atoms with Crippen LogP contribution in [0.25, 0.3) is 0 Å². The first-order valence-corrected chi connectivity index (χ1v) is 10.6. The number of alkyl halides is 2. The van der Waals surface area contributed by atoms with Gasteiger partial charge in [-0.3, -0.25) is 9.89 Å². The van der Waals surface area contributed by atoms with Crippen molar-refractivity contribution in [2.75, 3.05) is 65.3 Å². The van der Waals surface area contributed by atoms with Crippen LogP contribution in [0.2, 0.25) is 0 Å². The molecule has 1 aromatic carbocycles.